The van der Waals surface area contributed by atoms with Gasteiger partial charge in [-0.05, 0) is 32.0 Å². The van der Waals surface area contributed by atoms with Gasteiger partial charge in [-0.3, -0.25) is 9.48 Å². The molecule has 0 aliphatic carbocycles. The van der Waals surface area contributed by atoms with Gasteiger partial charge in [0.2, 0.25) is 0 Å². The predicted octanol–water partition coefficient (Wildman–Crippen LogP) is 3.03. The van der Waals surface area contributed by atoms with E-state index in [4.69, 9.17) is 16.3 Å². The lowest BCUT2D eigenvalue weighted by Gasteiger charge is -2.11. The number of rotatable bonds is 7. The fourth-order valence-corrected chi connectivity index (χ4v) is 2.67. The number of amides is 1. The maximum Gasteiger partial charge on any atom is 0.269 e. The third kappa shape index (κ3) is 4.05. The first-order chi connectivity index (χ1) is 12.6. The summed E-state index contributed by atoms with van der Waals surface area (Å²) in [6.07, 6.45) is 3.50. The Morgan fingerprint density at radius 3 is 2.85 bits per heavy atom. The Morgan fingerprint density at radius 2 is 2.12 bits per heavy atom. The van der Waals surface area contributed by atoms with Crippen molar-refractivity contribution in [3.63, 3.8) is 0 Å². The fraction of sp³-hybridized carbons (Fsp3) is 0.278. The van der Waals surface area contributed by atoms with Gasteiger partial charge in [-0.15, -0.1) is 0 Å². The molecular weight excluding hydrogens is 354 g/mol. The van der Waals surface area contributed by atoms with E-state index in [1.807, 2.05) is 36.9 Å². The van der Waals surface area contributed by atoms with Crippen LogP contribution in [0.3, 0.4) is 0 Å². The van der Waals surface area contributed by atoms with Crippen molar-refractivity contribution < 1.29 is 9.53 Å². The summed E-state index contributed by atoms with van der Waals surface area (Å²) < 4.78 is 8.98. The molecule has 26 heavy (non-hydrogen) atoms. The molecule has 0 aliphatic rings. The van der Waals surface area contributed by atoms with Gasteiger partial charge in [0.15, 0.2) is 6.73 Å². The summed E-state index contributed by atoms with van der Waals surface area (Å²) in [7, 11) is 0. The molecule has 3 rings (SSSR count). The van der Waals surface area contributed by atoms with Crippen LogP contribution in [-0.4, -0.2) is 25.5 Å². The summed E-state index contributed by atoms with van der Waals surface area (Å²) in [5, 5.41) is 11.9. The van der Waals surface area contributed by atoms with Crippen molar-refractivity contribution in [2.45, 2.75) is 33.7 Å². The van der Waals surface area contributed by atoms with Gasteiger partial charge in [-0.25, -0.2) is 4.68 Å². The number of nitrogens with zero attached hydrogens (tertiary/aromatic N) is 4. The van der Waals surface area contributed by atoms with Crippen molar-refractivity contribution >= 4 is 17.5 Å². The lowest BCUT2D eigenvalue weighted by molar-refractivity contribution is 0.0929. The molecule has 2 heterocycles. The highest BCUT2D eigenvalue weighted by Crippen LogP contribution is 2.23. The van der Waals surface area contributed by atoms with Crippen molar-refractivity contribution in [2.24, 2.45) is 0 Å². The number of nitrogens with one attached hydrogen (secondary N) is 1. The van der Waals surface area contributed by atoms with Crippen LogP contribution in [0.2, 0.25) is 5.02 Å². The zero-order chi connectivity index (χ0) is 18.5. The molecule has 1 aromatic carbocycles. The highest BCUT2D eigenvalue weighted by molar-refractivity contribution is 6.32. The summed E-state index contributed by atoms with van der Waals surface area (Å²) in [5.41, 5.74) is 2.30. The zero-order valence-electron chi connectivity index (χ0n) is 14.6. The summed E-state index contributed by atoms with van der Waals surface area (Å²) >= 11 is 6.07. The summed E-state index contributed by atoms with van der Waals surface area (Å²) in [4.78, 5) is 12.5. The Kier molecular flexibility index (Phi) is 5.58. The van der Waals surface area contributed by atoms with E-state index in [0.29, 0.717) is 23.0 Å². The molecule has 0 saturated carbocycles. The first kappa shape index (κ1) is 18.0. The van der Waals surface area contributed by atoms with Crippen LogP contribution in [0.4, 0.5) is 0 Å². The molecule has 1 N–H and O–H groups in total. The molecular formula is C18H20ClN5O2. The minimum absolute atomic E-state index is 0.0896. The maximum absolute atomic E-state index is 12.5. The number of aromatic nitrogens is 4. The largest absolute Gasteiger partial charge is 0.470 e. The van der Waals surface area contributed by atoms with E-state index in [1.165, 1.54) is 4.68 Å². The fourth-order valence-electron chi connectivity index (χ4n) is 2.48. The molecule has 3 aromatic rings. The molecule has 7 nitrogen and oxygen atoms in total. The molecule has 0 bridgehead atoms. The van der Waals surface area contributed by atoms with Crippen molar-refractivity contribution in [3.8, 4) is 5.75 Å². The Morgan fingerprint density at radius 1 is 1.31 bits per heavy atom. The lowest BCUT2D eigenvalue weighted by Crippen LogP contribution is -2.26. The molecule has 0 saturated heterocycles. The van der Waals surface area contributed by atoms with Crippen LogP contribution in [0.15, 0.2) is 42.7 Å². The van der Waals surface area contributed by atoms with Crippen LogP contribution in [0.25, 0.3) is 0 Å². The van der Waals surface area contributed by atoms with Crippen molar-refractivity contribution in [1.29, 1.82) is 0 Å². The molecule has 0 atom stereocenters. The second kappa shape index (κ2) is 8.05. The second-order valence-corrected chi connectivity index (χ2v) is 6.11. The van der Waals surface area contributed by atoms with E-state index in [1.54, 1.807) is 24.4 Å². The van der Waals surface area contributed by atoms with Crippen LogP contribution < -0.4 is 10.1 Å². The average molecular weight is 374 g/mol. The van der Waals surface area contributed by atoms with Crippen LogP contribution in [-0.2, 0) is 19.8 Å². The lowest BCUT2D eigenvalue weighted by atomic mass is 10.2. The predicted molar refractivity (Wildman–Crippen MR) is 98.1 cm³/mol. The number of benzene rings is 1. The van der Waals surface area contributed by atoms with E-state index in [0.717, 1.165) is 17.8 Å². The number of hydrogen-bond acceptors (Lipinski definition) is 4. The Bertz CT molecular complexity index is 903. The standard InChI is InChI=1S/C18H20ClN5O2/c1-3-23-11-14(13(2)22-23)10-20-18(25)16-8-9-21-24(16)12-26-17-7-5-4-6-15(17)19/h4-9,11H,3,10,12H2,1-2H3,(H,20,25). The monoisotopic (exact) mass is 373 g/mol. The third-order valence-corrected chi connectivity index (χ3v) is 4.25. The van der Waals surface area contributed by atoms with Crippen LogP contribution >= 0.6 is 11.6 Å². The van der Waals surface area contributed by atoms with Gasteiger partial charge >= 0.3 is 0 Å². The van der Waals surface area contributed by atoms with Gasteiger partial charge < -0.3 is 10.1 Å². The van der Waals surface area contributed by atoms with Gasteiger partial charge in [0.25, 0.3) is 5.91 Å². The summed E-state index contributed by atoms with van der Waals surface area (Å²) in [5.74, 6) is 0.313. The second-order valence-electron chi connectivity index (χ2n) is 5.70. The molecule has 0 aliphatic heterocycles. The Hall–Kier alpha value is -2.80. The van der Waals surface area contributed by atoms with E-state index >= 15 is 0 Å². The first-order valence-corrected chi connectivity index (χ1v) is 8.66. The molecule has 2 aromatic heterocycles. The topological polar surface area (TPSA) is 74.0 Å². The minimum Gasteiger partial charge on any atom is -0.470 e. The smallest absolute Gasteiger partial charge is 0.269 e. The minimum atomic E-state index is -0.228. The molecule has 0 spiro atoms. The molecule has 0 unspecified atom stereocenters. The SMILES string of the molecule is CCn1cc(CNC(=O)c2ccnn2COc2ccccc2Cl)c(C)n1. The van der Waals surface area contributed by atoms with E-state index in [-0.39, 0.29) is 12.6 Å². The first-order valence-electron chi connectivity index (χ1n) is 8.28. The maximum atomic E-state index is 12.5. The number of hydrogen-bond donors (Lipinski definition) is 1. The van der Waals surface area contributed by atoms with Crippen LogP contribution in [0.1, 0.15) is 28.7 Å². The van der Waals surface area contributed by atoms with Gasteiger partial charge in [0.05, 0.1) is 10.7 Å². The number of carbonyl (C=O) groups excluding carboxylic acids is 1. The molecule has 0 fully saturated rings. The molecule has 0 radical (unpaired) electrons. The quantitative estimate of drug-likeness (QED) is 0.690. The van der Waals surface area contributed by atoms with Crippen molar-refractivity contribution in [3.05, 3.63) is 64.7 Å². The van der Waals surface area contributed by atoms with Crippen LogP contribution in [0, 0.1) is 6.92 Å². The van der Waals surface area contributed by atoms with E-state index in [2.05, 4.69) is 15.5 Å². The number of para-hydroxylation sites is 1. The number of ether oxygens (including phenoxy) is 1. The van der Waals surface area contributed by atoms with Gasteiger partial charge in [0, 0.05) is 31.0 Å². The molecule has 136 valence electrons. The van der Waals surface area contributed by atoms with E-state index < -0.39 is 0 Å². The number of halogens is 1. The highest BCUT2D eigenvalue weighted by Gasteiger charge is 2.14. The summed E-state index contributed by atoms with van der Waals surface area (Å²) in [6, 6.07) is 8.81. The van der Waals surface area contributed by atoms with Crippen LogP contribution in [0.5, 0.6) is 5.75 Å². The summed E-state index contributed by atoms with van der Waals surface area (Å²) in [6.45, 7) is 5.23. The van der Waals surface area contributed by atoms with Gasteiger partial charge in [-0.1, -0.05) is 23.7 Å². The molecule has 1 amide bonds. The number of aryl methyl sites for hydroxylation is 2. The van der Waals surface area contributed by atoms with Crippen molar-refractivity contribution in [1.82, 2.24) is 24.9 Å². The van der Waals surface area contributed by atoms with E-state index in [9.17, 15) is 4.79 Å². The zero-order valence-corrected chi connectivity index (χ0v) is 15.4. The third-order valence-electron chi connectivity index (χ3n) is 3.94. The highest BCUT2D eigenvalue weighted by atomic mass is 35.5. The Labute approximate surface area is 156 Å². The Balaban J connectivity index is 1.62. The van der Waals surface area contributed by atoms with Crippen molar-refractivity contribution in [2.75, 3.05) is 0 Å². The van der Waals surface area contributed by atoms with Gasteiger partial charge in [0.1, 0.15) is 11.4 Å². The van der Waals surface area contributed by atoms with Gasteiger partial charge in [-0.2, -0.15) is 10.2 Å². The average Bonchev–Trinajstić information content (AvgIpc) is 3.25. The molecule has 8 heteroatoms. The number of carbonyl (C=O) groups is 1. The normalized spacial score (nSPS) is 10.7.